The maximum atomic E-state index is 14.7. The summed E-state index contributed by atoms with van der Waals surface area (Å²) in [6.45, 7) is 6.43. The number of hydrogen-bond acceptors (Lipinski definition) is 6. The first-order valence-electron chi connectivity index (χ1n) is 15.3. The third kappa shape index (κ3) is 5.03. The zero-order chi connectivity index (χ0) is 29.2. The number of esters is 1. The zero-order valence-electron chi connectivity index (χ0n) is 24.5. The van der Waals surface area contributed by atoms with E-state index in [-0.39, 0.29) is 31.1 Å². The molecule has 8 nitrogen and oxygen atoms in total. The Balaban J connectivity index is 1.66. The van der Waals surface area contributed by atoms with Gasteiger partial charge >= 0.3 is 5.97 Å². The third-order valence-electron chi connectivity index (χ3n) is 9.51. The molecule has 7 atom stereocenters. The van der Waals surface area contributed by atoms with Gasteiger partial charge in [-0.25, -0.2) is 0 Å². The summed E-state index contributed by atoms with van der Waals surface area (Å²) in [4.78, 5) is 46.5. The molecule has 222 valence electrons. The van der Waals surface area contributed by atoms with Crippen molar-refractivity contribution in [3.63, 3.8) is 0 Å². The molecular formula is C33H44N2O6. The van der Waals surface area contributed by atoms with Crippen LogP contribution in [0.25, 0.3) is 0 Å². The number of cyclic esters (lactones) is 1. The van der Waals surface area contributed by atoms with E-state index in [9.17, 15) is 19.5 Å². The van der Waals surface area contributed by atoms with Gasteiger partial charge in [-0.05, 0) is 51.0 Å². The predicted octanol–water partition coefficient (Wildman–Crippen LogP) is 3.82. The first-order chi connectivity index (χ1) is 19.8. The minimum atomic E-state index is -1.36. The quantitative estimate of drug-likeness (QED) is 0.381. The maximum absolute atomic E-state index is 14.7. The van der Waals surface area contributed by atoms with E-state index in [0.717, 1.165) is 37.7 Å². The highest BCUT2D eigenvalue weighted by Crippen LogP contribution is 2.58. The van der Waals surface area contributed by atoms with Crippen LogP contribution in [-0.4, -0.2) is 81.8 Å². The van der Waals surface area contributed by atoms with E-state index in [1.807, 2.05) is 73.4 Å². The Morgan fingerprint density at radius 3 is 2.51 bits per heavy atom. The molecule has 2 unspecified atom stereocenters. The number of aliphatic hydroxyl groups is 1. The number of allylic oxidation sites excluding steroid dienone is 1. The summed E-state index contributed by atoms with van der Waals surface area (Å²) in [5.41, 5.74) is -1.50. The van der Waals surface area contributed by atoms with Crippen molar-refractivity contribution >= 4 is 17.8 Å². The minimum Gasteiger partial charge on any atom is -0.465 e. The van der Waals surface area contributed by atoms with Crippen LogP contribution in [0.2, 0.25) is 0 Å². The monoisotopic (exact) mass is 564 g/mol. The topological polar surface area (TPSA) is 96.4 Å². The number of aliphatic hydroxyl groups excluding tert-OH is 1. The number of hydrogen-bond donors (Lipinski definition) is 1. The summed E-state index contributed by atoms with van der Waals surface area (Å²) in [6, 6.07) is 7.93. The van der Waals surface area contributed by atoms with Gasteiger partial charge in [0.15, 0.2) is 0 Å². The van der Waals surface area contributed by atoms with Crippen molar-refractivity contribution < 1.29 is 29.0 Å². The van der Waals surface area contributed by atoms with E-state index in [1.54, 1.807) is 4.90 Å². The van der Waals surface area contributed by atoms with Crippen LogP contribution in [0.5, 0.6) is 0 Å². The average Bonchev–Trinajstić information content (AvgIpc) is 3.33. The fraction of sp³-hybridized carbons (Fsp3) is 0.606. The van der Waals surface area contributed by atoms with Gasteiger partial charge < -0.3 is 24.4 Å². The summed E-state index contributed by atoms with van der Waals surface area (Å²) < 4.78 is 12.8. The normalized spacial score (nSPS) is 33.9. The fourth-order valence-corrected chi connectivity index (χ4v) is 7.50. The number of nitrogens with zero attached hydrogens (tertiary/aromatic N) is 2. The number of likely N-dealkylation sites (tertiary alicyclic amines) is 1. The van der Waals surface area contributed by atoms with E-state index < -0.39 is 41.1 Å². The highest BCUT2D eigenvalue weighted by molar-refractivity contribution is 5.99. The lowest BCUT2D eigenvalue weighted by atomic mass is 9.73. The molecule has 1 aromatic rings. The molecule has 4 aliphatic heterocycles. The molecule has 41 heavy (non-hydrogen) atoms. The number of rotatable bonds is 8. The van der Waals surface area contributed by atoms with Crippen molar-refractivity contribution in [2.24, 2.45) is 11.8 Å². The number of fused-ring (bicyclic) bond motifs is 2. The van der Waals surface area contributed by atoms with Gasteiger partial charge in [0, 0.05) is 12.6 Å². The summed E-state index contributed by atoms with van der Waals surface area (Å²) in [5.74, 6) is -2.86. The number of carbonyl (C=O) groups excluding carboxylic acids is 3. The maximum Gasteiger partial charge on any atom is 0.313 e. The van der Waals surface area contributed by atoms with Gasteiger partial charge in [0.1, 0.15) is 23.2 Å². The molecular weight excluding hydrogens is 520 g/mol. The van der Waals surface area contributed by atoms with Crippen LogP contribution in [0.4, 0.5) is 0 Å². The Kier molecular flexibility index (Phi) is 8.71. The largest absolute Gasteiger partial charge is 0.465 e. The summed E-state index contributed by atoms with van der Waals surface area (Å²) >= 11 is 0. The molecule has 2 fully saturated rings. The second-order valence-electron chi connectivity index (χ2n) is 12.0. The van der Waals surface area contributed by atoms with Crippen LogP contribution < -0.4 is 0 Å². The van der Waals surface area contributed by atoms with Crippen molar-refractivity contribution in [3.8, 4) is 0 Å². The number of carbonyl (C=O) groups is 3. The molecule has 1 spiro atoms. The Morgan fingerprint density at radius 2 is 1.80 bits per heavy atom. The molecule has 0 aromatic heterocycles. The lowest BCUT2D eigenvalue weighted by molar-refractivity contribution is -0.163. The lowest BCUT2D eigenvalue weighted by Crippen LogP contribution is -2.60. The van der Waals surface area contributed by atoms with E-state index in [4.69, 9.17) is 9.47 Å². The van der Waals surface area contributed by atoms with Crippen LogP contribution >= 0.6 is 0 Å². The molecule has 1 N–H and O–H groups in total. The van der Waals surface area contributed by atoms with Crippen LogP contribution in [0, 0.1) is 11.8 Å². The van der Waals surface area contributed by atoms with Crippen LogP contribution in [0.15, 0.2) is 54.6 Å². The smallest absolute Gasteiger partial charge is 0.313 e. The number of amides is 2. The number of ether oxygens (including phenoxy) is 2. The molecule has 0 radical (unpaired) electrons. The van der Waals surface area contributed by atoms with Gasteiger partial charge in [-0.3, -0.25) is 14.4 Å². The fourth-order valence-electron chi connectivity index (χ4n) is 7.50. The van der Waals surface area contributed by atoms with Gasteiger partial charge in [0.2, 0.25) is 11.8 Å². The average molecular weight is 565 g/mol. The van der Waals surface area contributed by atoms with Gasteiger partial charge in [0.25, 0.3) is 0 Å². The predicted molar refractivity (Wildman–Crippen MR) is 155 cm³/mol. The van der Waals surface area contributed by atoms with Crippen molar-refractivity contribution in [2.45, 2.75) is 95.0 Å². The van der Waals surface area contributed by atoms with E-state index in [2.05, 4.69) is 6.92 Å². The molecule has 0 saturated carbocycles. The molecule has 4 heterocycles. The summed E-state index contributed by atoms with van der Waals surface area (Å²) in [6.07, 6.45) is 12.8. The van der Waals surface area contributed by atoms with Gasteiger partial charge in [-0.2, -0.15) is 0 Å². The summed E-state index contributed by atoms with van der Waals surface area (Å²) in [7, 11) is 0. The van der Waals surface area contributed by atoms with E-state index >= 15 is 0 Å². The highest BCUT2D eigenvalue weighted by atomic mass is 16.6. The van der Waals surface area contributed by atoms with E-state index in [0.29, 0.717) is 19.4 Å². The van der Waals surface area contributed by atoms with Crippen LogP contribution in [0.1, 0.15) is 64.9 Å². The number of benzene rings is 1. The van der Waals surface area contributed by atoms with E-state index in [1.165, 1.54) is 0 Å². The Bertz CT molecular complexity index is 1180. The molecule has 0 aliphatic carbocycles. The first kappa shape index (κ1) is 29.5. The first-order valence-corrected chi connectivity index (χ1v) is 15.3. The lowest BCUT2D eigenvalue weighted by Gasteiger charge is -2.41. The molecule has 0 bridgehead atoms. The van der Waals surface area contributed by atoms with Crippen molar-refractivity contribution in [1.29, 1.82) is 0 Å². The molecule has 4 aliphatic rings. The second-order valence-corrected chi connectivity index (χ2v) is 12.0. The van der Waals surface area contributed by atoms with Crippen molar-refractivity contribution in [1.82, 2.24) is 9.80 Å². The SMILES string of the molecule is CCCC(C)N1CC=C[C@]23O[C@]4(CC)/C=C\CCCCOC(=O)[C@@H]4[C@H]2C(=O)N([C@@H](CO)Cc2ccccc2)C3C1=O. The molecule has 2 amide bonds. The standard InChI is InChI=1S/C33H44N2O6/c1-4-14-23(3)34-19-13-18-33-26(27-31(39)40-20-12-7-6-11-17-32(27,5-2)41-33)29(37)35(28(33)30(34)38)25(22-36)21-24-15-9-8-10-16-24/h8-11,13,15-18,23,25-28,36H,4-7,12,14,19-22H2,1-3H3/b17-11-/t23?,25-,26+,27+,28?,32-,33+/m1/s1. The molecule has 2 saturated heterocycles. The Morgan fingerprint density at radius 1 is 1.02 bits per heavy atom. The molecule has 1 aromatic carbocycles. The Hall–Kier alpha value is -2.97. The molecule has 8 heteroatoms. The molecule has 5 rings (SSSR count). The van der Waals surface area contributed by atoms with Gasteiger partial charge in [-0.15, -0.1) is 0 Å². The van der Waals surface area contributed by atoms with Gasteiger partial charge in [0.05, 0.1) is 25.2 Å². The zero-order valence-corrected chi connectivity index (χ0v) is 24.5. The summed E-state index contributed by atoms with van der Waals surface area (Å²) in [5, 5.41) is 10.7. The second kappa shape index (κ2) is 12.1. The minimum absolute atomic E-state index is 0.0443. The van der Waals surface area contributed by atoms with Crippen molar-refractivity contribution in [3.05, 3.63) is 60.2 Å². The Labute approximate surface area is 243 Å². The van der Waals surface area contributed by atoms with Gasteiger partial charge in [-0.1, -0.05) is 74.9 Å². The van der Waals surface area contributed by atoms with Crippen LogP contribution in [-0.2, 0) is 30.3 Å². The van der Waals surface area contributed by atoms with Crippen LogP contribution in [0.3, 0.4) is 0 Å². The third-order valence-corrected chi connectivity index (χ3v) is 9.51. The van der Waals surface area contributed by atoms with Crippen molar-refractivity contribution in [2.75, 3.05) is 19.8 Å². The highest BCUT2D eigenvalue weighted by Gasteiger charge is 2.75.